The van der Waals surface area contributed by atoms with Gasteiger partial charge >= 0.3 is 0 Å². The van der Waals surface area contributed by atoms with E-state index in [0.29, 0.717) is 24.2 Å². The van der Waals surface area contributed by atoms with Crippen LogP contribution in [0.25, 0.3) is 11.1 Å². The number of rotatable bonds is 4. The second-order valence-electron chi connectivity index (χ2n) is 7.39. The van der Waals surface area contributed by atoms with E-state index >= 15 is 0 Å². The van der Waals surface area contributed by atoms with Crippen molar-refractivity contribution < 1.29 is 23.0 Å². The minimum Gasteiger partial charge on any atom is -0.356 e. The van der Waals surface area contributed by atoms with Gasteiger partial charge in [0.05, 0.1) is 11.2 Å². The van der Waals surface area contributed by atoms with E-state index in [4.69, 9.17) is 4.74 Å². The van der Waals surface area contributed by atoms with Crippen LogP contribution in [0.4, 0.5) is 13.2 Å². The lowest BCUT2D eigenvalue weighted by Gasteiger charge is -2.36. The molecule has 1 saturated carbocycles. The standard InChI is InChI=1S/C20H21F3N2O2/c1-12-15(10-25-11-20(5-2-6-20)27-19(25)26)7-14(9-24-12)13-3-4-17(21)16(8-13)18(22)23/h3-4,7-9,18-19,26H,2,5-6,10-11H2,1H3. The third kappa shape index (κ3) is 3.47. The zero-order valence-corrected chi connectivity index (χ0v) is 15.0. The molecule has 1 N–H and O–H groups in total. The highest BCUT2D eigenvalue weighted by molar-refractivity contribution is 5.64. The van der Waals surface area contributed by atoms with Crippen molar-refractivity contribution >= 4 is 0 Å². The predicted molar refractivity (Wildman–Crippen MR) is 93.4 cm³/mol. The van der Waals surface area contributed by atoms with E-state index in [-0.39, 0.29) is 5.60 Å². The minimum absolute atomic E-state index is 0.235. The van der Waals surface area contributed by atoms with Gasteiger partial charge in [0, 0.05) is 30.5 Å². The normalized spacial score (nSPS) is 21.8. The summed E-state index contributed by atoms with van der Waals surface area (Å²) in [6.07, 6.45) is 0.760. The average molecular weight is 378 g/mol. The molecule has 1 aliphatic heterocycles. The molecule has 4 rings (SSSR count). The monoisotopic (exact) mass is 378 g/mol. The number of ether oxygens (including phenoxy) is 1. The van der Waals surface area contributed by atoms with Crippen LogP contribution in [0, 0.1) is 12.7 Å². The van der Waals surface area contributed by atoms with Gasteiger partial charge < -0.3 is 9.84 Å². The Kier molecular flexibility index (Phi) is 4.70. The molecule has 0 radical (unpaired) electrons. The van der Waals surface area contributed by atoms with Crippen molar-refractivity contribution in [2.45, 2.75) is 51.2 Å². The summed E-state index contributed by atoms with van der Waals surface area (Å²) < 4.78 is 45.3. The topological polar surface area (TPSA) is 45.6 Å². The number of hydrogen-bond donors (Lipinski definition) is 1. The fourth-order valence-corrected chi connectivity index (χ4v) is 3.77. The molecule has 1 saturated heterocycles. The van der Waals surface area contributed by atoms with Gasteiger partial charge in [-0.15, -0.1) is 0 Å². The van der Waals surface area contributed by atoms with E-state index < -0.39 is 24.2 Å². The van der Waals surface area contributed by atoms with Crippen LogP contribution in [0.5, 0.6) is 0 Å². The Balaban J connectivity index is 1.60. The molecule has 1 aromatic carbocycles. The Morgan fingerprint density at radius 2 is 2.07 bits per heavy atom. The molecule has 144 valence electrons. The van der Waals surface area contributed by atoms with Crippen molar-refractivity contribution in [1.82, 2.24) is 9.88 Å². The number of aryl methyl sites for hydroxylation is 1. The van der Waals surface area contributed by atoms with Crippen molar-refractivity contribution in [3.05, 3.63) is 53.1 Å². The van der Waals surface area contributed by atoms with Crippen molar-refractivity contribution in [3.63, 3.8) is 0 Å². The molecule has 2 aromatic rings. The van der Waals surface area contributed by atoms with Crippen molar-refractivity contribution in [2.75, 3.05) is 6.54 Å². The number of aliphatic hydroxyl groups excluding tert-OH is 1. The van der Waals surface area contributed by atoms with Crippen molar-refractivity contribution in [2.24, 2.45) is 0 Å². The van der Waals surface area contributed by atoms with Gasteiger partial charge in [-0.1, -0.05) is 6.07 Å². The van der Waals surface area contributed by atoms with E-state index in [1.54, 1.807) is 6.20 Å². The van der Waals surface area contributed by atoms with E-state index in [9.17, 15) is 18.3 Å². The van der Waals surface area contributed by atoms with Gasteiger partial charge in [0.15, 0.2) is 0 Å². The summed E-state index contributed by atoms with van der Waals surface area (Å²) >= 11 is 0. The van der Waals surface area contributed by atoms with Crippen LogP contribution in [0.15, 0.2) is 30.5 Å². The Morgan fingerprint density at radius 3 is 2.70 bits per heavy atom. The van der Waals surface area contributed by atoms with Crippen LogP contribution in [-0.2, 0) is 11.3 Å². The largest absolute Gasteiger partial charge is 0.356 e. The fraction of sp³-hybridized carbons (Fsp3) is 0.450. The van der Waals surface area contributed by atoms with Crippen LogP contribution < -0.4 is 0 Å². The fourth-order valence-electron chi connectivity index (χ4n) is 3.77. The number of aromatic nitrogens is 1. The maximum absolute atomic E-state index is 13.6. The summed E-state index contributed by atoms with van der Waals surface area (Å²) in [4.78, 5) is 6.21. The van der Waals surface area contributed by atoms with Gasteiger partial charge in [-0.05, 0) is 55.5 Å². The predicted octanol–water partition coefficient (Wildman–Crippen LogP) is 4.16. The maximum atomic E-state index is 13.6. The number of nitrogens with zero attached hydrogens (tertiary/aromatic N) is 2. The lowest BCUT2D eigenvalue weighted by molar-refractivity contribution is -0.194. The van der Waals surface area contributed by atoms with Gasteiger partial charge in [0.2, 0.25) is 6.41 Å². The first-order chi connectivity index (χ1) is 12.9. The lowest BCUT2D eigenvalue weighted by atomic mass is 9.80. The van der Waals surface area contributed by atoms with Gasteiger partial charge in [-0.3, -0.25) is 4.98 Å². The van der Waals surface area contributed by atoms with Gasteiger partial charge in [0.1, 0.15) is 5.82 Å². The first-order valence-corrected chi connectivity index (χ1v) is 9.00. The molecular weight excluding hydrogens is 357 g/mol. The molecule has 1 aromatic heterocycles. The molecule has 2 heterocycles. The molecule has 1 spiro atoms. The number of hydrogen-bond acceptors (Lipinski definition) is 4. The highest BCUT2D eigenvalue weighted by atomic mass is 19.3. The molecule has 0 amide bonds. The highest BCUT2D eigenvalue weighted by Gasteiger charge is 2.48. The lowest BCUT2D eigenvalue weighted by Crippen LogP contribution is -2.41. The molecule has 2 aliphatic rings. The summed E-state index contributed by atoms with van der Waals surface area (Å²) in [5, 5.41) is 10.2. The van der Waals surface area contributed by atoms with Crippen molar-refractivity contribution in [3.8, 4) is 11.1 Å². The third-order valence-corrected chi connectivity index (χ3v) is 5.55. The second kappa shape index (κ2) is 6.89. The molecule has 1 atom stereocenters. The molecule has 7 heteroatoms. The van der Waals surface area contributed by atoms with Crippen LogP contribution in [0.2, 0.25) is 0 Å². The SMILES string of the molecule is Cc1ncc(-c2ccc(F)c(C(F)F)c2)cc1CN1CC2(CCC2)OC1O. The van der Waals surface area contributed by atoms with Crippen LogP contribution in [0.1, 0.15) is 42.5 Å². The summed E-state index contributed by atoms with van der Waals surface area (Å²) in [6, 6.07) is 5.53. The summed E-state index contributed by atoms with van der Waals surface area (Å²) in [5.41, 5.74) is 1.91. The number of pyridine rings is 1. The zero-order chi connectivity index (χ0) is 19.2. The van der Waals surface area contributed by atoms with E-state index in [1.807, 2.05) is 17.9 Å². The first kappa shape index (κ1) is 18.4. The van der Waals surface area contributed by atoms with Crippen LogP contribution in [-0.4, -0.2) is 33.6 Å². The van der Waals surface area contributed by atoms with Gasteiger partial charge in [0.25, 0.3) is 6.43 Å². The van der Waals surface area contributed by atoms with Crippen LogP contribution >= 0.6 is 0 Å². The molecule has 1 aliphatic carbocycles. The Morgan fingerprint density at radius 1 is 1.30 bits per heavy atom. The van der Waals surface area contributed by atoms with E-state index in [0.717, 1.165) is 42.7 Å². The molecule has 2 fully saturated rings. The summed E-state index contributed by atoms with van der Waals surface area (Å²) in [5.74, 6) is -0.919. The molecular formula is C20H21F3N2O2. The number of benzene rings is 1. The minimum atomic E-state index is -2.88. The second-order valence-corrected chi connectivity index (χ2v) is 7.39. The molecule has 0 bridgehead atoms. The number of alkyl halides is 2. The van der Waals surface area contributed by atoms with Gasteiger partial charge in [-0.2, -0.15) is 0 Å². The van der Waals surface area contributed by atoms with E-state index in [1.165, 1.54) is 6.07 Å². The quantitative estimate of drug-likeness (QED) is 0.868. The summed E-state index contributed by atoms with van der Waals surface area (Å²) in [7, 11) is 0. The average Bonchev–Trinajstić information content (AvgIpc) is 2.94. The smallest absolute Gasteiger partial charge is 0.266 e. The zero-order valence-electron chi connectivity index (χ0n) is 15.0. The van der Waals surface area contributed by atoms with Crippen LogP contribution in [0.3, 0.4) is 0 Å². The number of aliphatic hydroxyl groups is 1. The summed E-state index contributed by atoms with van der Waals surface area (Å²) in [6.45, 7) is 2.96. The Bertz CT molecular complexity index is 855. The maximum Gasteiger partial charge on any atom is 0.266 e. The van der Waals surface area contributed by atoms with E-state index in [2.05, 4.69) is 4.98 Å². The Hall–Kier alpha value is -1.96. The Labute approximate surface area is 155 Å². The van der Waals surface area contributed by atoms with Crippen molar-refractivity contribution in [1.29, 1.82) is 0 Å². The highest BCUT2D eigenvalue weighted by Crippen LogP contribution is 2.42. The molecule has 27 heavy (non-hydrogen) atoms. The first-order valence-electron chi connectivity index (χ1n) is 9.00. The number of halogens is 3. The molecule has 4 nitrogen and oxygen atoms in total. The van der Waals surface area contributed by atoms with Gasteiger partial charge in [-0.25, -0.2) is 18.1 Å². The third-order valence-electron chi connectivity index (χ3n) is 5.55. The molecule has 1 unspecified atom stereocenters.